The highest BCUT2D eigenvalue weighted by molar-refractivity contribution is 5.72. The van der Waals surface area contributed by atoms with Crippen molar-refractivity contribution in [2.75, 3.05) is 7.11 Å². The van der Waals surface area contributed by atoms with Crippen LogP contribution in [0.15, 0.2) is 27.4 Å². The summed E-state index contributed by atoms with van der Waals surface area (Å²) in [5, 5.41) is 0. The van der Waals surface area contributed by atoms with Crippen LogP contribution in [0.3, 0.4) is 0 Å². The van der Waals surface area contributed by atoms with Gasteiger partial charge in [0.05, 0.1) is 12.6 Å². The molecule has 2 rings (SSSR count). The van der Waals surface area contributed by atoms with Crippen molar-refractivity contribution < 1.29 is 9.25 Å². The van der Waals surface area contributed by atoms with E-state index in [1.165, 1.54) is 0 Å². The van der Waals surface area contributed by atoms with Gasteiger partial charge in [-0.05, 0) is 17.7 Å². The molecule has 14 heavy (non-hydrogen) atoms. The first-order valence-electron chi connectivity index (χ1n) is 4.17. The third-order valence-electron chi connectivity index (χ3n) is 1.91. The predicted molar refractivity (Wildman–Crippen MR) is 50.7 cm³/mol. The first kappa shape index (κ1) is 8.98. The second kappa shape index (κ2) is 3.65. The minimum Gasteiger partial charge on any atom is -0.408 e. The average Bonchev–Trinajstić information content (AvgIpc) is 2.54. The van der Waals surface area contributed by atoms with E-state index in [-0.39, 0.29) is 0 Å². The van der Waals surface area contributed by atoms with Gasteiger partial charge >= 0.3 is 5.76 Å². The van der Waals surface area contributed by atoms with Gasteiger partial charge < -0.3 is 9.25 Å². The largest absolute Gasteiger partial charge is 0.417 e. The molecule has 0 bridgehead atoms. The maximum atomic E-state index is 10.9. The molecule has 0 atom stereocenters. The van der Waals surface area contributed by atoms with E-state index in [0.717, 1.165) is 5.56 Å². The van der Waals surface area contributed by atoms with Crippen LogP contribution >= 0.6 is 0 Å². The second-order valence-corrected chi connectivity index (χ2v) is 2.87. The van der Waals surface area contributed by atoms with Crippen LogP contribution in [0.25, 0.3) is 11.1 Å². The summed E-state index contributed by atoms with van der Waals surface area (Å²) in [6.45, 7) is 0.571. The van der Waals surface area contributed by atoms with E-state index in [2.05, 4.69) is 10.5 Å². The van der Waals surface area contributed by atoms with Crippen LogP contribution in [0.1, 0.15) is 5.56 Å². The smallest absolute Gasteiger partial charge is 0.408 e. The molecule has 5 heteroatoms. The van der Waals surface area contributed by atoms with Gasteiger partial charge in [-0.25, -0.2) is 4.79 Å². The molecule has 1 aromatic heterocycles. The lowest BCUT2D eigenvalue weighted by Crippen LogP contribution is -2.10. The van der Waals surface area contributed by atoms with Gasteiger partial charge in [-0.3, -0.25) is 4.98 Å². The van der Waals surface area contributed by atoms with E-state index in [0.29, 0.717) is 17.6 Å². The summed E-state index contributed by atoms with van der Waals surface area (Å²) in [7, 11) is 1.55. The summed E-state index contributed by atoms with van der Waals surface area (Å²) in [4.78, 5) is 18.1. The zero-order valence-corrected chi connectivity index (χ0v) is 7.66. The lowest BCUT2D eigenvalue weighted by molar-refractivity contribution is 0.0867. The quantitative estimate of drug-likeness (QED) is 0.708. The first-order valence-corrected chi connectivity index (χ1v) is 4.17. The number of fused-ring (bicyclic) bond motifs is 1. The summed E-state index contributed by atoms with van der Waals surface area (Å²) in [5.74, 6) is -0.433. The van der Waals surface area contributed by atoms with Gasteiger partial charge in [0.25, 0.3) is 0 Å². The topological polar surface area (TPSA) is 67.3 Å². The molecular weight excluding hydrogens is 184 g/mol. The highest BCUT2D eigenvalue weighted by Gasteiger charge is 2.01. The van der Waals surface area contributed by atoms with Crippen LogP contribution < -0.4 is 11.2 Å². The van der Waals surface area contributed by atoms with E-state index in [4.69, 9.17) is 9.25 Å². The first-order chi connectivity index (χ1) is 6.79. The summed E-state index contributed by atoms with van der Waals surface area (Å²) >= 11 is 0. The Bertz CT molecular complexity index is 486. The van der Waals surface area contributed by atoms with Crippen molar-refractivity contribution in [3.63, 3.8) is 0 Å². The van der Waals surface area contributed by atoms with E-state index in [1.54, 1.807) is 19.2 Å². The molecule has 1 heterocycles. The van der Waals surface area contributed by atoms with Crippen LogP contribution in [-0.4, -0.2) is 12.1 Å². The minimum atomic E-state index is -0.433. The zero-order chi connectivity index (χ0) is 9.97. The second-order valence-electron chi connectivity index (χ2n) is 2.87. The summed E-state index contributed by atoms with van der Waals surface area (Å²) < 4.78 is 4.91. The zero-order valence-electron chi connectivity index (χ0n) is 7.66. The Balaban J connectivity index is 2.35. The van der Waals surface area contributed by atoms with Gasteiger partial charge in [0.2, 0.25) is 0 Å². The molecule has 5 nitrogen and oxygen atoms in total. The fraction of sp³-hybridized carbons (Fsp3) is 0.222. The molecule has 1 aromatic carbocycles. The average molecular weight is 194 g/mol. The van der Waals surface area contributed by atoms with E-state index in [9.17, 15) is 4.79 Å². The Kier molecular flexibility index (Phi) is 2.34. The van der Waals surface area contributed by atoms with Crippen molar-refractivity contribution in [2.24, 2.45) is 0 Å². The van der Waals surface area contributed by atoms with E-state index >= 15 is 0 Å². The van der Waals surface area contributed by atoms with Crippen LogP contribution in [-0.2, 0) is 11.4 Å². The third-order valence-corrected chi connectivity index (χ3v) is 1.91. The van der Waals surface area contributed by atoms with Crippen LogP contribution in [0.5, 0.6) is 0 Å². The molecule has 0 saturated carbocycles. The molecule has 0 fully saturated rings. The van der Waals surface area contributed by atoms with Crippen LogP contribution in [0, 0.1) is 0 Å². The molecule has 74 valence electrons. The monoisotopic (exact) mass is 194 g/mol. The van der Waals surface area contributed by atoms with Gasteiger partial charge in [-0.1, -0.05) is 6.07 Å². The SMILES string of the molecule is CONCc1ccc2[nH]c(=O)oc2c1. The van der Waals surface area contributed by atoms with E-state index < -0.39 is 5.76 Å². The number of hydrogen-bond acceptors (Lipinski definition) is 4. The Hall–Kier alpha value is -1.59. The van der Waals surface area contributed by atoms with Crippen molar-refractivity contribution in [3.05, 3.63) is 34.3 Å². The number of H-pyrrole nitrogens is 1. The number of hydrogen-bond donors (Lipinski definition) is 2. The number of benzene rings is 1. The molecule has 0 radical (unpaired) electrons. The highest BCUT2D eigenvalue weighted by Crippen LogP contribution is 2.11. The van der Waals surface area contributed by atoms with Gasteiger partial charge in [-0.15, -0.1) is 0 Å². The van der Waals surface area contributed by atoms with Gasteiger partial charge in [0.1, 0.15) is 0 Å². The summed E-state index contributed by atoms with van der Waals surface area (Å²) in [6, 6.07) is 5.48. The molecular formula is C9H10N2O3. The fourth-order valence-corrected chi connectivity index (χ4v) is 1.26. The van der Waals surface area contributed by atoms with Crippen LogP contribution in [0.2, 0.25) is 0 Å². The number of aromatic amines is 1. The maximum absolute atomic E-state index is 10.9. The Morgan fingerprint density at radius 1 is 1.57 bits per heavy atom. The Morgan fingerprint density at radius 2 is 2.43 bits per heavy atom. The molecule has 0 aliphatic carbocycles. The van der Waals surface area contributed by atoms with Gasteiger partial charge in [0, 0.05) is 6.54 Å². The standard InChI is InChI=1S/C9H10N2O3/c1-13-10-5-6-2-3-7-8(4-6)14-9(12)11-7/h2-4,10H,5H2,1H3,(H,11,12). The Labute approximate surface area is 79.6 Å². The van der Waals surface area contributed by atoms with Crippen LogP contribution in [0.4, 0.5) is 0 Å². The minimum absolute atomic E-state index is 0.433. The molecule has 0 saturated heterocycles. The van der Waals surface area contributed by atoms with Crippen molar-refractivity contribution >= 4 is 11.1 Å². The van der Waals surface area contributed by atoms with Gasteiger partial charge in [-0.2, -0.15) is 5.48 Å². The Morgan fingerprint density at radius 3 is 3.21 bits per heavy atom. The number of rotatable bonds is 3. The summed E-state index contributed by atoms with van der Waals surface area (Å²) in [6.07, 6.45) is 0. The van der Waals surface area contributed by atoms with Crippen molar-refractivity contribution in [1.29, 1.82) is 0 Å². The molecule has 0 aliphatic heterocycles. The normalized spacial score (nSPS) is 10.9. The molecule has 0 spiro atoms. The fourth-order valence-electron chi connectivity index (χ4n) is 1.26. The highest BCUT2D eigenvalue weighted by atomic mass is 16.6. The maximum Gasteiger partial charge on any atom is 0.417 e. The predicted octanol–water partition coefficient (Wildman–Crippen LogP) is 0.772. The molecule has 2 N–H and O–H groups in total. The van der Waals surface area contributed by atoms with Crippen molar-refractivity contribution in [2.45, 2.75) is 6.54 Å². The molecule has 2 aromatic rings. The van der Waals surface area contributed by atoms with E-state index in [1.807, 2.05) is 6.07 Å². The van der Waals surface area contributed by atoms with Gasteiger partial charge in [0.15, 0.2) is 5.58 Å². The van der Waals surface area contributed by atoms with Crippen molar-refractivity contribution in [3.8, 4) is 0 Å². The number of oxazole rings is 1. The third kappa shape index (κ3) is 1.68. The summed E-state index contributed by atoms with van der Waals surface area (Å²) in [5.41, 5.74) is 4.96. The van der Waals surface area contributed by atoms with Crippen molar-refractivity contribution in [1.82, 2.24) is 10.5 Å². The number of nitrogens with one attached hydrogen (secondary N) is 2. The lowest BCUT2D eigenvalue weighted by Gasteiger charge is -2.00. The molecule has 0 amide bonds. The number of hydroxylamine groups is 1. The number of aromatic nitrogens is 1. The molecule has 0 unspecified atom stereocenters. The molecule has 0 aliphatic rings. The lowest BCUT2D eigenvalue weighted by atomic mass is 10.2.